The Morgan fingerprint density at radius 3 is 2.35 bits per heavy atom. The van der Waals surface area contributed by atoms with E-state index < -0.39 is 5.97 Å². The van der Waals surface area contributed by atoms with E-state index in [1.54, 1.807) is 11.8 Å². The number of nitrogens with one attached hydrogen (secondary N) is 1. The van der Waals surface area contributed by atoms with Crippen molar-refractivity contribution in [2.45, 2.75) is 49.6 Å². The van der Waals surface area contributed by atoms with E-state index in [1.165, 1.54) is 10.5 Å². The van der Waals surface area contributed by atoms with E-state index in [2.05, 4.69) is 42.8 Å². The summed E-state index contributed by atoms with van der Waals surface area (Å²) in [5.74, 6) is -0.770. The lowest BCUT2D eigenvalue weighted by molar-refractivity contribution is -0.142. The van der Waals surface area contributed by atoms with Gasteiger partial charge in [-0.25, -0.2) is 0 Å². The van der Waals surface area contributed by atoms with Crippen LogP contribution in [0.3, 0.4) is 0 Å². The highest BCUT2D eigenvalue weighted by Crippen LogP contribution is 2.26. The third-order valence-corrected chi connectivity index (χ3v) is 4.92. The molecule has 2 rings (SSSR count). The first-order chi connectivity index (χ1) is 9.60. The lowest BCUT2D eigenvalue weighted by atomic mass is 9.85. The molecule has 1 aliphatic rings. The molecule has 110 valence electrons. The fourth-order valence-corrected chi connectivity index (χ4v) is 3.26. The smallest absolute Gasteiger partial charge is 0.306 e. The van der Waals surface area contributed by atoms with Gasteiger partial charge < -0.3 is 10.4 Å². The predicted molar refractivity (Wildman–Crippen MR) is 83.2 cm³/mol. The van der Waals surface area contributed by atoms with Crippen molar-refractivity contribution in [1.29, 1.82) is 0 Å². The summed E-state index contributed by atoms with van der Waals surface area (Å²) in [5, 5.41) is 12.6. The van der Waals surface area contributed by atoms with Crippen LogP contribution in [-0.2, 0) is 4.79 Å². The SMILES string of the molecule is CSc1ccc([C@H](C)NC2CCC(C(=O)O)CC2)cc1. The summed E-state index contributed by atoms with van der Waals surface area (Å²) in [5.41, 5.74) is 1.29. The van der Waals surface area contributed by atoms with Crippen molar-refractivity contribution in [1.82, 2.24) is 5.32 Å². The summed E-state index contributed by atoms with van der Waals surface area (Å²) in [7, 11) is 0. The molecule has 0 aromatic heterocycles. The van der Waals surface area contributed by atoms with Crippen LogP contribution in [0, 0.1) is 5.92 Å². The van der Waals surface area contributed by atoms with E-state index in [4.69, 9.17) is 5.11 Å². The zero-order valence-corrected chi connectivity index (χ0v) is 13.0. The Bertz CT molecular complexity index is 438. The Morgan fingerprint density at radius 2 is 1.85 bits per heavy atom. The van der Waals surface area contributed by atoms with Crippen molar-refractivity contribution in [2.24, 2.45) is 5.92 Å². The van der Waals surface area contributed by atoms with Gasteiger partial charge in [0.15, 0.2) is 0 Å². The van der Waals surface area contributed by atoms with Crippen LogP contribution in [0.4, 0.5) is 0 Å². The number of aliphatic carboxylic acids is 1. The normalized spacial score (nSPS) is 24.3. The van der Waals surface area contributed by atoms with Gasteiger partial charge in [0.1, 0.15) is 0 Å². The molecule has 0 amide bonds. The summed E-state index contributed by atoms with van der Waals surface area (Å²) < 4.78 is 0. The third-order valence-electron chi connectivity index (χ3n) is 4.18. The minimum absolute atomic E-state index is 0.135. The Morgan fingerprint density at radius 1 is 1.25 bits per heavy atom. The highest BCUT2D eigenvalue weighted by Gasteiger charge is 2.26. The fourth-order valence-electron chi connectivity index (χ4n) is 2.85. The van der Waals surface area contributed by atoms with Crippen molar-refractivity contribution in [3.05, 3.63) is 29.8 Å². The molecule has 0 saturated heterocycles. The monoisotopic (exact) mass is 293 g/mol. The van der Waals surface area contributed by atoms with Gasteiger partial charge in [0.2, 0.25) is 0 Å². The van der Waals surface area contributed by atoms with E-state index in [0.717, 1.165) is 25.7 Å². The van der Waals surface area contributed by atoms with Crippen LogP contribution < -0.4 is 5.32 Å². The highest BCUT2D eigenvalue weighted by molar-refractivity contribution is 7.98. The van der Waals surface area contributed by atoms with Crippen molar-refractivity contribution in [2.75, 3.05) is 6.26 Å². The Balaban J connectivity index is 1.85. The maximum Gasteiger partial charge on any atom is 0.306 e. The molecule has 20 heavy (non-hydrogen) atoms. The van der Waals surface area contributed by atoms with Crippen LogP contribution in [0.1, 0.15) is 44.2 Å². The molecule has 2 N–H and O–H groups in total. The zero-order chi connectivity index (χ0) is 14.5. The van der Waals surface area contributed by atoms with Gasteiger partial charge in [-0.15, -0.1) is 11.8 Å². The summed E-state index contributed by atoms with van der Waals surface area (Å²) in [6, 6.07) is 9.41. The molecule has 0 aliphatic heterocycles. The summed E-state index contributed by atoms with van der Waals surface area (Å²) in [6.07, 6.45) is 5.60. The summed E-state index contributed by atoms with van der Waals surface area (Å²) in [4.78, 5) is 12.2. The number of hydrogen-bond acceptors (Lipinski definition) is 3. The van der Waals surface area contributed by atoms with E-state index in [-0.39, 0.29) is 5.92 Å². The number of thioether (sulfide) groups is 1. The molecule has 4 heteroatoms. The second kappa shape index (κ2) is 7.14. The van der Waals surface area contributed by atoms with Crippen molar-refractivity contribution in [3.8, 4) is 0 Å². The average molecular weight is 293 g/mol. The lowest BCUT2D eigenvalue weighted by Crippen LogP contribution is -2.36. The van der Waals surface area contributed by atoms with Crippen LogP contribution in [-0.4, -0.2) is 23.4 Å². The van der Waals surface area contributed by atoms with Crippen LogP contribution >= 0.6 is 11.8 Å². The molecule has 1 aromatic rings. The molecule has 1 aliphatic carbocycles. The maximum absolute atomic E-state index is 10.9. The van der Waals surface area contributed by atoms with Gasteiger partial charge >= 0.3 is 5.97 Å². The van der Waals surface area contributed by atoms with Crippen LogP contribution in [0.5, 0.6) is 0 Å². The van der Waals surface area contributed by atoms with Crippen molar-refractivity contribution >= 4 is 17.7 Å². The van der Waals surface area contributed by atoms with Gasteiger partial charge in [0.25, 0.3) is 0 Å². The van der Waals surface area contributed by atoms with Gasteiger partial charge in [-0.05, 0) is 56.6 Å². The van der Waals surface area contributed by atoms with Gasteiger partial charge in [0, 0.05) is 17.0 Å². The first kappa shape index (κ1) is 15.4. The largest absolute Gasteiger partial charge is 0.481 e. The third kappa shape index (κ3) is 4.00. The minimum atomic E-state index is -0.635. The highest BCUT2D eigenvalue weighted by atomic mass is 32.2. The molecular formula is C16H23NO2S. The van der Waals surface area contributed by atoms with Crippen LogP contribution in [0.25, 0.3) is 0 Å². The van der Waals surface area contributed by atoms with E-state index in [9.17, 15) is 4.79 Å². The molecule has 0 heterocycles. The van der Waals surface area contributed by atoms with Gasteiger partial charge in [0.05, 0.1) is 5.92 Å². The molecular weight excluding hydrogens is 270 g/mol. The van der Waals surface area contributed by atoms with Crippen LogP contribution in [0.2, 0.25) is 0 Å². The molecule has 0 bridgehead atoms. The Hall–Kier alpha value is -1.00. The van der Waals surface area contributed by atoms with E-state index in [0.29, 0.717) is 12.1 Å². The number of benzene rings is 1. The van der Waals surface area contributed by atoms with Crippen molar-refractivity contribution < 1.29 is 9.90 Å². The quantitative estimate of drug-likeness (QED) is 0.813. The number of rotatable bonds is 5. The topological polar surface area (TPSA) is 49.3 Å². The Kier molecular flexibility index (Phi) is 5.49. The molecule has 1 saturated carbocycles. The van der Waals surface area contributed by atoms with E-state index in [1.807, 2.05) is 0 Å². The molecule has 0 spiro atoms. The second-order valence-corrected chi connectivity index (χ2v) is 6.43. The lowest BCUT2D eigenvalue weighted by Gasteiger charge is -2.29. The molecule has 3 nitrogen and oxygen atoms in total. The zero-order valence-electron chi connectivity index (χ0n) is 12.1. The molecule has 0 radical (unpaired) electrons. The van der Waals surface area contributed by atoms with Gasteiger partial charge in [-0.2, -0.15) is 0 Å². The molecule has 1 atom stereocenters. The average Bonchev–Trinajstić information content (AvgIpc) is 2.48. The number of carboxylic acid groups (broad SMARTS) is 1. The molecule has 1 fully saturated rings. The molecule has 1 aromatic carbocycles. The number of hydrogen-bond donors (Lipinski definition) is 2. The minimum Gasteiger partial charge on any atom is -0.481 e. The number of carbonyl (C=O) groups is 1. The Labute approximate surface area is 125 Å². The second-order valence-electron chi connectivity index (χ2n) is 5.55. The first-order valence-electron chi connectivity index (χ1n) is 7.23. The standard InChI is InChI=1S/C16H23NO2S/c1-11(12-5-9-15(20-2)10-6-12)17-14-7-3-13(4-8-14)16(18)19/h5-6,9-11,13-14,17H,3-4,7-8H2,1-2H3,(H,18,19)/t11-,13?,14?/m0/s1. The maximum atomic E-state index is 10.9. The molecule has 0 unspecified atom stereocenters. The van der Waals surface area contributed by atoms with Crippen LogP contribution in [0.15, 0.2) is 29.2 Å². The van der Waals surface area contributed by atoms with Crippen molar-refractivity contribution in [3.63, 3.8) is 0 Å². The van der Waals surface area contributed by atoms with Gasteiger partial charge in [-0.3, -0.25) is 4.79 Å². The van der Waals surface area contributed by atoms with Gasteiger partial charge in [-0.1, -0.05) is 12.1 Å². The number of carboxylic acids is 1. The first-order valence-corrected chi connectivity index (χ1v) is 8.45. The predicted octanol–water partition coefficient (Wildman–Crippen LogP) is 3.70. The summed E-state index contributed by atoms with van der Waals surface area (Å²) in [6.45, 7) is 2.18. The fraction of sp³-hybridized carbons (Fsp3) is 0.562. The van der Waals surface area contributed by atoms with E-state index >= 15 is 0 Å². The summed E-state index contributed by atoms with van der Waals surface area (Å²) >= 11 is 1.75.